The number of ether oxygens (including phenoxy) is 3. The number of phenols is 1. The number of hydrogen-bond acceptors (Lipinski definition) is 9. The van der Waals surface area contributed by atoms with Crippen LogP contribution in [0.5, 0.6) is 17.2 Å². The molecule has 3 N–H and O–H groups in total. The van der Waals surface area contributed by atoms with Crippen LogP contribution >= 0.6 is 0 Å². The molecule has 0 spiro atoms. The maximum Gasteiger partial charge on any atom is 0.410 e. The number of phenolic OH excluding ortho intramolecular Hbond substituents is 1. The van der Waals surface area contributed by atoms with Crippen molar-refractivity contribution in [1.29, 1.82) is 0 Å². The highest BCUT2D eigenvalue weighted by Crippen LogP contribution is 2.36. The Morgan fingerprint density at radius 3 is 2.75 bits per heavy atom. The zero-order valence-electron chi connectivity index (χ0n) is 20.5. The van der Waals surface area contributed by atoms with Crippen molar-refractivity contribution in [3.8, 4) is 17.2 Å². The van der Waals surface area contributed by atoms with Gasteiger partial charge in [0.15, 0.2) is 18.7 Å². The summed E-state index contributed by atoms with van der Waals surface area (Å²) in [5, 5.41) is 19.6. The van der Waals surface area contributed by atoms with Crippen molar-refractivity contribution in [1.82, 2.24) is 20.0 Å². The molecule has 12 nitrogen and oxygen atoms in total. The highest BCUT2D eigenvalue weighted by Gasteiger charge is 2.36. The summed E-state index contributed by atoms with van der Waals surface area (Å²) >= 11 is 0. The van der Waals surface area contributed by atoms with Crippen LogP contribution in [0.3, 0.4) is 0 Å². The molecule has 12 heteroatoms. The number of aldehydes is 1. The summed E-state index contributed by atoms with van der Waals surface area (Å²) in [6, 6.07) is 4.82. The number of amides is 2. The molecule has 4 rings (SSSR count). The van der Waals surface area contributed by atoms with Crippen molar-refractivity contribution in [2.75, 3.05) is 46.2 Å². The van der Waals surface area contributed by atoms with Crippen LogP contribution in [0.1, 0.15) is 41.2 Å². The third-order valence-electron chi connectivity index (χ3n) is 6.61. The number of benzene rings is 1. The van der Waals surface area contributed by atoms with Gasteiger partial charge in [0.25, 0.3) is 5.91 Å². The van der Waals surface area contributed by atoms with Crippen molar-refractivity contribution in [2.45, 2.75) is 37.3 Å². The van der Waals surface area contributed by atoms with E-state index in [1.807, 2.05) is 14.1 Å². The van der Waals surface area contributed by atoms with Gasteiger partial charge in [0.1, 0.15) is 23.4 Å². The quantitative estimate of drug-likeness (QED) is 0.439. The number of carbonyl (C=O) groups is 3. The molecule has 1 aliphatic carbocycles. The molecule has 1 aliphatic heterocycles. The first-order chi connectivity index (χ1) is 17.3. The van der Waals surface area contributed by atoms with Crippen LogP contribution in [-0.4, -0.2) is 96.4 Å². The van der Waals surface area contributed by atoms with Crippen LogP contribution in [0.2, 0.25) is 0 Å². The topological polar surface area (TPSA) is 146 Å². The number of methoxy groups -OCH3 is 1. The van der Waals surface area contributed by atoms with Crippen molar-refractivity contribution in [3.63, 3.8) is 0 Å². The van der Waals surface area contributed by atoms with Crippen LogP contribution < -0.4 is 14.8 Å². The predicted octanol–water partition coefficient (Wildman–Crippen LogP) is 1.97. The monoisotopic (exact) mass is 501 g/mol. The minimum atomic E-state index is -0.490. The summed E-state index contributed by atoms with van der Waals surface area (Å²) in [5.41, 5.74) is 0.774. The summed E-state index contributed by atoms with van der Waals surface area (Å²) < 4.78 is 16.1. The molecule has 0 bridgehead atoms. The fourth-order valence-electron chi connectivity index (χ4n) is 4.35. The molecule has 36 heavy (non-hydrogen) atoms. The smallest absolute Gasteiger partial charge is 0.410 e. The number of anilines is 1. The number of H-pyrrole nitrogens is 1. The number of aromatic hydroxyl groups is 1. The van der Waals surface area contributed by atoms with Gasteiger partial charge in [-0.3, -0.25) is 14.7 Å². The molecule has 2 atom stereocenters. The lowest BCUT2D eigenvalue weighted by molar-refractivity contribution is -0.118. The van der Waals surface area contributed by atoms with Gasteiger partial charge in [-0.2, -0.15) is 5.10 Å². The molecule has 1 aromatic carbocycles. The molecule has 2 amide bonds. The molecule has 2 fully saturated rings. The Morgan fingerprint density at radius 1 is 1.28 bits per heavy atom. The fraction of sp³-hybridized carbons (Fsp3) is 0.500. The van der Waals surface area contributed by atoms with Gasteiger partial charge in [0.2, 0.25) is 0 Å². The molecule has 1 saturated heterocycles. The number of likely N-dealkylation sites (N-methyl/N-ethyl adjacent to an activating group) is 1. The van der Waals surface area contributed by atoms with Gasteiger partial charge in [-0.25, -0.2) is 4.79 Å². The van der Waals surface area contributed by atoms with Crippen LogP contribution in [0, 0.1) is 0 Å². The van der Waals surface area contributed by atoms with Crippen LogP contribution in [0.4, 0.5) is 10.6 Å². The van der Waals surface area contributed by atoms with Gasteiger partial charge < -0.3 is 34.4 Å². The lowest BCUT2D eigenvalue weighted by Gasteiger charge is -2.42. The number of likely N-dealkylation sites (tertiary alicyclic amines) is 1. The van der Waals surface area contributed by atoms with E-state index in [2.05, 4.69) is 20.4 Å². The molecule has 194 valence electrons. The van der Waals surface area contributed by atoms with Gasteiger partial charge >= 0.3 is 6.09 Å². The predicted molar refractivity (Wildman–Crippen MR) is 129 cm³/mol. The van der Waals surface area contributed by atoms with E-state index in [9.17, 15) is 19.5 Å². The molecule has 1 aromatic heterocycles. The van der Waals surface area contributed by atoms with E-state index >= 15 is 0 Å². The standard InChI is InChI=1S/C24H31N5O7/c1-28(2)15-10-29(11-15)24(33)36-16-5-4-14(6-16)19-9-22(27-26-19)25-23(32)13-35-21-8-17(34-3)7-20(31)18(21)12-30/h7-9,12,14-16,31H,4-6,10-11,13H2,1-3H3,(H2,25,26,27,32)/t14-,16+/m0/s1. The number of hydrogen-bond donors (Lipinski definition) is 3. The highest BCUT2D eigenvalue weighted by molar-refractivity contribution is 5.91. The Hall–Kier alpha value is -3.80. The lowest BCUT2D eigenvalue weighted by atomic mass is 10.0. The third-order valence-corrected chi connectivity index (χ3v) is 6.61. The van der Waals surface area contributed by atoms with E-state index in [1.54, 1.807) is 11.0 Å². The zero-order chi connectivity index (χ0) is 25.8. The number of aromatic nitrogens is 2. The minimum absolute atomic E-state index is 0.0294. The fourth-order valence-corrected chi connectivity index (χ4v) is 4.35. The molecule has 0 unspecified atom stereocenters. The molecule has 0 radical (unpaired) electrons. The Morgan fingerprint density at radius 2 is 2.06 bits per heavy atom. The summed E-state index contributed by atoms with van der Waals surface area (Å²) in [4.78, 5) is 39.8. The number of nitrogens with one attached hydrogen (secondary N) is 2. The number of rotatable bonds is 9. The van der Waals surface area contributed by atoms with Crippen LogP contribution in [0.15, 0.2) is 18.2 Å². The number of carbonyl (C=O) groups excluding carboxylic acids is 3. The van der Waals surface area contributed by atoms with E-state index in [0.29, 0.717) is 37.7 Å². The Labute approximate surface area is 208 Å². The summed E-state index contributed by atoms with van der Waals surface area (Å²) in [7, 11) is 5.40. The van der Waals surface area contributed by atoms with Gasteiger partial charge in [0.05, 0.1) is 12.7 Å². The Bertz CT molecular complexity index is 1110. The number of aromatic amines is 1. The maximum atomic E-state index is 12.4. The molecule has 2 heterocycles. The third kappa shape index (κ3) is 5.70. The first-order valence-electron chi connectivity index (χ1n) is 11.7. The molecule has 2 aliphatic rings. The molecule has 1 saturated carbocycles. The summed E-state index contributed by atoms with van der Waals surface area (Å²) in [6.07, 6.45) is 2.31. The van der Waals surface area contributed by atoms with Gasteiger partial charge in [-0.15, -0.1) is 0 Å². The first-order valence-corrected chi connectivity index (χ1v) is 11.7. The van der Waals surface area contributed by atoms with E-state index in [4.69, 9.17) is 14.2 Å². The van der Waals surface area contributed by atoms with E-state index < -0.39 is 12.5 Å². The van der Waals surface area contributed by atoms with Gasteiger partial charge in [0, 0.05) is 48.9 Å². The Balaban J connectivity index is 1.25. The second-order valence-electron chi connectivity index (χ2n) is 9.26. The Kier molecular flexibility index (Phi) is 7.63. The van der Waals surface area contributed by atoms with E-state index in [-0.39, 0.29) is 40.9 Å². The average Bonchev–Trinajstić information content (AvgIpc) is 3.45. The number of nitrogens with zero attached hydrogens (tertiary/aromatic N) is 3. The van der Waals surface area contributed by atoms with Gasteiger partial charge in [-0.1, -0.05) is 0 Å². The van der Waals surface area contributed by atoms with Crippen molar-refractivity contribution in [3.05, 3.63) is 29.5 Å². The second kappa shape index (κ2) is 10.9. The largest absolute Gasteiger partial charge is 0.507 e. The molecular formula is C24H31N5O7. The van der Waals surface area contributed by atoms with E-state index in [1.165, 1.54) is 19.2 Å². The van der Waals surface area contributed by atoms with Crippen LogP contribution in [-0.2, 0) is 9.53 Å². The summed E-state index contributed by atoms with van der Waals surface area (Å²) in [5.74, 6) is -0.0114. The van der Waals surface area contributed by atoms with Crippen molar-refractivity contribution < 1.29 is 33.7 Å². The van der Waals surface area contributed by atoms with Crippen molar-refractivity contribution >= 4 is 24.1 Å². The normalized spacial score (nSPS) is 19.6. The van der Waals surface area contributed by atoms with E-state index in [0.717, 1.165) is 18.5 Å². The van der Waals surface area contributed by atoms with Crippen LogP contribution in [0.25, 0.3) is 0 Å². The second-order valence-corrected chi connectivity index (χ2v) is 9.26. The maximum absolute atomic E-state index is 12.4. The zero-order valence-corrected chi connectivity index (χ0v) is 20.5. The SMILES string of the molecule is COc1cc(O)c(C=O)c(OCC(=O)Nc2cc([C@H]3CC[C@@H](OC(=O)N4CC(N(C)C)C4)C3)[nH]n2)c1. The van der Waals surface area contributed by atoms with Crippen molar-refractivity contribution in [2.24, 2.45) is 0 Å². The minimum Gasteiger partial charge on any atom is -0.507 e. The molecular weight excluding hydrogens is 470 g/mol. The lowest BCUT2D eigenvalue weighted by Crippen LogP contribution is -2.59. The van der Waals surface area contributed by atoms with Gasteiger partial charge in [-0.05, 0) is 33.4 Å². The molecule has 2 aromatic rings. The first kappa shape index (κ1) is 25.3. The highest BCUT2D eigenvalue weighted by atomic mass is 16.6. The summed E-state index contributed by atoms with van der Waals surface area (Å²) in [6.45, 7) is 0.970. The average molecular weight is 502 g/mol.